The predicted molar refractivity (Wildman–Crippen MR) is 92.8 cm³/mol. The normalized spacial score (nSPS) is 13.4. The Kier molecular flexibility index (Phi) is 5.59. The highest BCUT2D eigenvalue weighted by Crippen LogP contribution is 2.28. The van der Waals surface area contributed by atoms with Crippen LogP contribution in [0.25, 0.3) is 0 Å². The quantitative estimate of drug-likeness (QED) is 0.626. The molecule has 0 spiro atoms. The molecule has 4 nitrogen and oxygen atoms in total. The summed E-state index contributed by atoms with van der Waals surface area (Å²) in [5.74, 6) is 0.224. The number of carbonyl (C=O) groups is 1. The summed E-state index contributed by atoms with van der Waals surface area (Å²) >= 11 is 0. The van der Waals surface area contributed by atoms with E-state index in [0.29, 0.717) is 12.3 Å². The minimum atomic E-state index is -4.21. The number of hydrogen-bond donors (Lipinski definition) is 0. The van der Waals surface area contributed by atoms with Crippen molar-refractivity contribution in [3.05, 3.63) is 89.3 Å². The summed E-state index contributed by atoms with van der Waals surface area (Å²) < 4.78 is 40.3. The van der Waals surface area contributed by atoms with Gasteiger partial charge in [-0.1, -0.05) is 59.8 Å². The van der Waals surface area contributed by atoms with Crippen molar-refractivity contribution in [2.24, 2.45) is 0 Å². The third-order valence-electron chi connectivity index (χ3n) is 4.17. The number of rotatable bonds is 1. The number of amides is 1. The van der Waals surface area contributed by atoms with E-state index in [0.717, 1.165) is 25.1 Å². The molecule has 1 amide bonds. The van der Waals surface area contributed by atoms with Gasteiger partial charge in [-0.15, -0.1) is 0 Å². The Hall–Kier alpha value is -3.09. The molecular formula is C20H17F3N2O2. The van der Waals surface area contributed by atoms with Crippen LogP contribution >= 0.6 is 0 Å². The molecule has 2 aromatic carbocycles. The molecule has 27 heavy (non-hydrogen) atoms. The van der Waals surface area contributed by atoms with Gasteiger partial charge in [0.1, 0.15) is 0 Å². The first-order valence-electron chi connectivity index (χ1n) is 8.34. The molecule has 0 N–H and O–H groups in total. The Morgan fingerprint density at radius 2 is 1.63 bits per heavy atom. The molecule has 2 heterocycles. The zero-order valence-electron chi connectivity index (χ0n) is 14.3. The van der Waals surface area contributed by atoms with Crippen LogP contribution in [0.3, 0.4) is 0 Å². The van der Waals surface area contributed by atoms with Crippen LogP contribution in [-0.4, -0.2) is 22.5 Å². The first-order valence-corrected chi connectivity index (χ1v) is 8.34. The van der Waals surface area contributed by atoms with Crippen LogP contribution in [0.2, 0.25) is 0 Å². The molecule has 1 aromatic heterocycles. The minimum Gasteiger partial charge on any atom is -0.351 e. The fraction of sp³-hybridized carbons (Fsp3) is 0.200. The molecule has 0 saturated heterocycles. The molecule has 3 aromatic rings. The van der Waals surface area contributed by atoms with E-state index in [4.69, 9.17) is 4.52 Å². The van der Waals surface area contributed by atoms with Gasteiger partial charge >= 0.3 is 6.18 Å². The van der Waals surface area contributed by atoms with Gasteiger partial charge in [-0.25, -0.2) is 0 Å². The molecule has 0 atom stereocenters. The van der Waals surface area contributed by atoms with E-state index in [2.05, 4.69) is 17.3 Å². The van der Waals surface area contributed by atoms with Crippen LogP contribution in [0.4, 0.5) is 13.2 Å². The van der Waals surface area contributed by atoms with Crippen molar-refractivity contribution in [2.75, 3.05) is 6.54 Å². The van der Waals surface area contributed by atoms with Gasteiger partial charge < -0.3 is 9.42 Å². The molecule has 140 valence electrons. The second-order valence-corrected chi connectivity index (χ2v) is 5.99. The fourth-order valence-corrected chi connectivity index (χ4v) is 2.78. The minimum absolute atomic E-state index is 0.0861. The Morgan fingerprint density at radius 3 is 2.22 bits per heavy atom. The Balaban J connectivity index is 0.000000180. The summed E-state index contributed by atoms with van der Waals surface area (Å²) in [7, 11) is 0. The van der Waals surface area contributed by atoms with E-state index in [1.165, 1.54) is 29.5 Å². The lowest BCUT2D eigenvalue weighted by molar-refractivity contribution is -0.137. The van der Waals surface area contributed by atoms with Gasteiger partial charge in [-0.3, -0.25) is 4.79 Å². The lowest BCUT2D eigenvalue weighted by Gasteiger charge is -2.27. The number of nitrogens with zero attached hydrogens (tertiary/aromatic N) is 2. The number of aromatic nitrogens is 1. The third-order valence-corrected chi connectivity index (χ3v) is 4.17. The predicted octanol–water partition coefficient (Wildman–Crippen LogP) is 4.58. The van der Waals surface area contributed by atoms with Gasteiger partial charge in [0.2, 0.25) is 5.76 Å². The summed E-state index contributed by atoms with van der Waals surface area (Å²) in [4.78, 5) is 13.9. The maximum absolute atomic E-state index is 12.1. The van der Waals surface area contributed by atoms with Gasteiger partial charge in [-0.05, 0) is 17.5 Å². The topological polar surface area (TPSA) is 46.3 Å². The molecule has 0 unspecified atom stereocenters. The zero-order valence-corrected chi connectivity index (χ0v) is 14.3. The van der Waals surface area contributed by atoms with Crippen molar-refractivity contribution in [1.82, 2.24) is 10.1 Å². The molecule has 0 saturated carbocycles. The molecular weight excluding hydrogens is 357 g/mol. The molecule has 0 aliphatic carbocycles. The van der Waals surface area contributed by atoms with Crippen molar-refractivity contribution in [1.29, 1.82) is 0 Å². The van der Waals surface area contributed by atoms with Crippen LogP contribution < -0.4 is 0 Å². The number of alkyl halides is 3. The summed E-state index contributed by atoms with van der Waals surface area (Å²) in [6.07, 6.45) is -1.82. The first-order chi connectivity index (χ1) is 12.9. The Labute approximate surface area is 154 Å². The van der Waals surface area contributed by atoms with Crippen LogP contribution in [0, 0.1) is 0 Å². The van der Waals surface area contributed by atoms with E-state index < -0.39 is 11.7 Å². The summed E-state index contributed by atoms with van der Waals surface area (Å²) in [6.45, 7) is 1.38. The molecule has 7 heteroatoms. The van der Waals surface area contributed by atoms with Crippen molar-refractivity contribution >= 4 is 5.91 Å². The SMILES string of the molecule is FC(F)(F)c1ccccc1.O=C(c1ccno1)N1CCc2ccccc2C1. The number of hydrogen-bond acceptors (Lipinski definition) is 3. The number of carbonyl (C=O) groups excluding carboxylic acids is 1. The van der Waals surface area contributed by atoms with E-state index in [1.807, 2.05) is 12.1 Å². The zero-order chi connectivity index (χ0) is 19.3. The van der Waals surface area contributed by atoms with Gasteiger partial charge in [0.25, 0.3) is 5.91 Å². The molecule has 1 aliphatic heterocycles. The average Bonchev–Trinajstić information content (AvgIpc) is 3.22. The van der Waals surface area contributed by atoms with Gasteiger partial charge in [0.15, 0.2) is 0 Å². The Morgan fingerprint density at radius 1 is 0.963 bits per heavy atom. The van der Waals surface area contributed by atoms with Crippen LogP contribution in [0.15, 0.2) is 71.4 Å². The maximum atomic E-state index is 12.1. The van der Waals surface area contributed by atoms with Crippen molar-refractivity contribution in [3.8, 4) is 0 Å². The molecule has 1 aliphatic rings. The average molecular weight is 374 g/mol. The van der Waals surface area contributed by atoms with Crippen LogP contribution in [0.1, 0.15) is 27.2 Å². The fourth-order valence-electron chi connectivity index (χ4n) is 2.78. The summed E-state index contributed by atoms with van der Waals surface area (Å²) in [5.41, 5.74) is 1.94. The summed E-state index contributed by atoms with van der Waals surface area (Å²) in [6, 6.07) is 16.2. The molecule has 0 radical (unpaired) electrons. The van der Waals surface area contributed by atoms with Crippen LogP contribution in [0.5, 0.6) is 0 Å². The second-order valence-electron chi connectivity index (χ2n) is 5.99. The van der Waals surface area contributed by atoms with E-state index in [9.17, 15) is 18.0 Å². The second kappa shape index (κ2) is 8.07. The van der Waals surface area contributed by atoms with Crippen LogP contribution in [-0.2, 0) is 19.1 Å². The monoisotopic (exact) mass is 374 g/mol. The standard InChI is InChI=1S/C13H12N2O2.C7H5F3/c16-13(12-5-7-14-17-12)15-8-6-10-3-1-2-4-11(10)9-15;8-7(9,10)6-4-2-1-3-5-6/h1-5,7H,6,8-9H2;1-5H. The summed E-state index contributed by atoms with van der Waals surface area (Å²) in [5, 5.41) is 3.56. The van der Waals surface area contributed by atoms with Crippen molar-refractivity contribution < 1.29 is 22.5 Å². The number of benzene rings is 2. The van der Waals surface area contributed by atoms with Crippen molar-refractivity contribution in [3.63, 3.8) is 0 Å². The van der Waals surface area contributed by atoms with E-state index in [-0.39, 0.29) is 5.91 Å². The largest absolute Gasteiger partial charge is 0.416 e. The number of fused-ring (bicyclic) bond motifs is 1. The number of halogens is 3. The smallest absolute Gasteiger partial charge is 0.351 e. The van der Waals surface area contributed by atoms with Crippen molar-refractivity contribution in [2.45, 2.75) is 19.1 Å². The van der Waals surface area contributed by atoms with E-state index in [1.54, 1.807) is 17.0 Å². The maximum Gasteiger partial charge on any atom is 0.416 e. The third kappa shape index (κ3) is 4.75. The molecule has 0 fully saturated rings. The molecule has 4 rings (SSSR count). The highest BCUT2D eigenvalue weighted by molar-refractivity contribution is 5.91. The highest BCUT2D eigenvalue weighted by Gasteiger charge is 2.29. The highest BCUT2D eigenvalue weighted by atomic mass is 19.4. The Bertz CT molecular complexity index is 878. The first kappa shape index (κ1) is 18.7. The lowest BCUT2D eigenvalue weighted by Crippen LogP contribution is -2.35. The van der Waals surface area contributed by atoms with E-state index >= 15 is 0 Å². The van der Waals surface area contributed by atoms with Gasteiger partial charge in [-0.2, -0.15) is 13.2 Å². The lowest BCUT2D eigenvalue weighted by atomic mass is 10.00. The van der Waals surface area contributed by atoms with Gasteiger partial charge in [0.05, 0.1) is 11.8 Å². The van der Waals surface area contributed by atoms with Gasteiger partial charge in [0, 0.05) is 19.2 Å². The molecule has 0 bridgehead atoms.